The smallest absolute Gasteiger partial charge is 0.251 e. The van der Waals surface area contributed by atoms with Gasteiger partial charge in [-0.1, -0.05) is 36.4 Å². The normalized spacial score (nSPS) is 14.5. The molecule has 0 unspecified atom stereocenters. The number of nitrogens with zero attached hydrogens (tertiary/aromatic N) is 1. The minimum Gasteiger partial charge on any atom is -0.348 e. The van der Waals surface area contributed by atoms with E-state index in [1.807, 2.05) is 30.3 Å². The average molecular weight is 280 g/mol. The van der Waals surface area contributed by atoms with Crippen LogP contribution in [0.1, 0.15) is 27.0 Å². The number of carbonyl (C=O) groups is 1. The van der Waals surface area contributed by atoms with E-state index in [-0.39, 0.29) is 5.91 Å². The highest BCUT2D eigenvalue weighted by Gasteiger charge is 2.13. The minimum atomic E-state index is -0.0227. The fraction of sp³-hybridized carbons (Fsp3) is 0.278. The Kier molecular flexibility index (Phi) is 4.02. The molecule has 0 spiro atoms. The second-order valence-corrected chi connectivity index (χ2v) is 5.64. The quantitative estimate of drug-likeness (QED) is 0.937. The van der Waals surface area contributed by atoms with Crippen LogP contribution in [-0.2, 0) is 19.5 Å². The van der Waals surface area contributed by atoms with E-state index in [0.717, 1.165) is 25.1 Å². The number of benzene rings is 2. The largest absolute Gasteiger partial charge is 0.348 e. The van der Waals surface area contributed by atoms with Crippen LogP contribution in [0.15, 0.2) is 48.5 Å². The molecular weight excluding hydrogens is 260 g/mol. The zero-order chi connectivity index (χ0) is 14.7. The van der Waals surface area contributed by atoms with E-state index in [0.29, 0.717) is 12.1 Å². The summed E-state index contributed by atoms with van der Waals surface area (Å²) < 4.78 is 0. The van der Waals surface area contributed by atoms with Crippen molar-refractivity contribution in [3.63, 3.8) is 0 Å². The Balaban J connectivity index is 1.66. The second kappa shape index (κ2) is 6.10. The molecule has 2 aromatic rings. The second-order valence-electron chi connectivity index (χ2n) is 5.64. The predicted octanol–water partition coefficient (Wildman–Crippen LogP) is 2.60. The van der Waals surface area contributed by atoms with E-state index >= 15 is 0 Å². The molecule has 1 amide bonds. The Hall–Kier alpha value is -2.13. The summed E-state index contributed by atoms with van der Waals surface area (Å²) in [7, 11) is 2.15. The molecule has 0 fully saturated rings. The van der Waals surface area contributed by atoms with Crippen molar-refractivity contribution in [2.45, 2.75) is 19.5 Å². The van der Waals surface area contributed by atoms with Crippen LogP contribution in [0.4, 0.5) is 0 Å². The molecule has 0 aliphatic carbocycles. The molecular formula is C18H20N2O. The molecule has 1 aliphatic rings. The van der Waals surface area contributed by atoms with Crippen LogP contribution >= 0.6 is 0 Å². The summed E-state index contributed by atoms with van der Waals surface area (Å²) >= 11 is 0. The van der Waals surface area contributed by atoms with Crippen LogP contribution in [-0.4, -0.2) is 24.4 Å². The highest BCUT2D eigenvalue weighted by molar-refractivity contribution is 5.94. The first-order chi connectivity index (χ1) is 10.2. The van der Waals surface area contributed by atoms with Gasteiger partial charge in [0.2, 0.25) is 0 Å². The van der Waals surface area contributed by atoms with Crippen molar-refractivity contribution in [1.82, 2.24) is 10.2 Å². The number of rotatable bonds is 3. The molecule has 21 heavy (non-hydrogen) atoms. The standard InChI is InChI=1S/C18H20N2O/c1-20-10-9-15-8-7-14(11-17(15)13-20)12-19-18(21)16-5-3-2-4-6-16/h2-8,11H,9-10,12-13H2,1H3,(H,19,21). The van der Waals surface area contributed by atoms with E-state index in [2.05, 4.69) is 35.5 Å². The van der Waals surface area contributed by atoms with Gasteiger partial charge in [0.15, 0.2) is 0 Å². The molecule has 1 aliphatic heterocycles. The molecule has 1 N–H and O–H groups in total. The molecule has 3 rings (SSSR count). The summed E-state index contributed by atoms with van der Waals surface area (Å²) in [5.74, 6) is -0.0227. The maximum absolute atomic E-state index is 12.0. The lowest BCUT2D eigenvalue weighted by atomic mass is 9.97. The number of fused-ring (bicyclic) bond motifs is 1. The third-order valence-electron chi connectivity index (χ3n) is 3.96. The highest BCUT2D eigenvalue weighted by atomic mass is 16.1. The van der Waals surface area contributed by atoms with Gasteiger partial charge in [0.1, 0.15) is 0 Å². The van der Waals surface area contributed by atoms with Crippen LogP contribution in [0.25, 0.3) is 0 Å². The summed E-state index contributed by atoms with van der Waals surface area (Å²) in [5.41, 5.74) is 4.69. The van der Waals surface area contributed by atoms with E-state index < -0.39 is 0 Å². The number of likely N-dealkylation sites (N-methyl/N-ethyl adjacent to an activating group) is 1. The van der Waals surface area contributed by atoms with E-state index in [1.165, 1.54) is 11.1 Å². The van der Waals surface area contributed by atoms with Gasteiger partial charge in [-0.25, -0.2) is 0 Å². The lowest BCUT2D eigenvalue weighted by molar-refractivity contribution is 0.0951. The number of amides is 1. The SMILES string of the molecule is CN1CCc2ccc(CNC(=O)c3ccccc3)cc2C1. The van der Waals surface area contributed by atoms with Crippen molar-refractivity contribution < 1.29 is 4.79 Å². The fourth-order valence-corrected chi connectivity index (χ4v) is 2.74. The highest BCUT2D eigenvalue weighted by Crippen LogP contribution is 2.19. The molecule has 3 nitrogen and oxygen atoms in total. The predicted molar refractivity (Wildman–Crippen MR) is 84.1 cm³/mol. The Morgan fingerprint density at radius 3 is 2.76 bits per heavy atom. The van der Waals surface area contributed by atoms with Gasteiger partial charge in [-0.05, 0) is 42.3 Å². The molecule has 0 saturated heterocycles. The van der Waals surface area contributed by atoms with Gasteiger partial charge >= 0.3 is 0 Å². The Bertz CT molecular complexity index is 637. The third kappa shape index (κ3) is 3.31. The van der Waals surface area contributed by atoms with Crippen LogP contribution in [0, 0.1) is 0 Å². The third-order valence-corrected chi connectivity index (χ3v) is 3.96. The van der Waals surface area contributed by atoms with Crippen molar-refractivity contribution in [3.8, 4) is 0 Å². The van der Waals surface area contributed by atoms with Crippen molar-refractivity contribution >= 4 is 5.91 Å². The van der Waals surface area contributed by atoms with Crippen molar-refractivity contribution in [1.29, 1.82) is 0 Å². The van der Waals surface area contributed by atoms with Crippen molar-refractivity contribution in [2.75, 3.05) is 13.6 Å². The molecule has 108 valence electrons. The summed E-state index contributed by atoms with van der Waals surface area (Å²) in [4.78, 5) is 14.4. The molecule has 1 heterocycles. The zero-order valence-electron chi connectivity index (χ0n) is 12.3. The van der Waals surface area contributed by atoms with Crippen molar-refractivity contribution in [3.05, 3.63) is 70.8 Å². The van der Waals surface area contributed by atoms with E-state index in [9.17, 15) is 4.79 Å². The number of carbonyl (C=O) groups excluding carboxylic acids is 1. The van der Waals surface area contributed by atoms with Gasteiger partial charge in [0, 0.05) is 25.2 Å². The van der Waals surface area contributed by atoms with Crippen LogP contribution in [0.5, 0.6) is 0 Å². The molecule has 0 aromatic heterocycles. The monoisotopic (exact) mass is 280 g/mol. The van der Waals surface area contributed by atoms with Gasteiger partial charge in [-0.3, -0.25) is 4.79 Å². The summed E-state index contributed by atoms with van der Waals surface area (Å²) in [6.07, 6.45) is 1.11. The molecule has 0 bridgehead atoms. The van der Waals surface area contributed by atoms with Gasteiger partial charge < -0.3 is 10.2 Å². The number of hydrogen-bond donors (Lipinski definition) is 1. The first kappa shape index (κ1) is 13.8. The number of nitrogens with one attached hydrogen (secondary N) is 1. The molecule has 0 atom stereocenters. The number of hydrogen-bond acceptors (Lipinski definition) is 2. The average Bonchev–Trinajstić information content (AvgIpc) is 2.53. The Morgan fingerprint density at radius 1 is 1.14 bits per heavy atom. The Labute approximate surface area is 125 Å². The van der Waals surface area contributed by atoms with E-state index in [1.54, 1.807) is 0 Å². The summed E-state index contributed by atoms with van der Waals surface area (Å²) in [5, 5.41) is 2.98. The molecule has 0 saturated carbocycles. The van der Waals surface area contributed by atoms with Gasteiger partial charge in [-0.15, -0.1) is 0 Å². The van der Waals surface area contributed by atoms with Gasteiger partial charge in [0.05, 0.1) is 0 Å². The molecule has 3 heteroatoms. The summed E-state index contributed by atoms with van der Waals surface area (Å²) in [6, 6.07) is 15.9. The van der Waals surface area contributed by atoms with Crippen molar-refractivity contribution in [2.24, 2.45) is 0 Å². The molecule has 2 aromatic carbocycles. The fourth-order valence-electron chi connectivity index (χ4n) is 2.74. The minimum absolute atomic E-state index is 0.0227. The lowest BCUT2D eigenvalue weighted by Gasteiger charge is -2.25. The van der Waals surface area contributed by atoms with Crippen LogP contribution < -0.4 is 5.32 Å². The maximum Gasteiger partial charge on any atom is 0.251 e. The van der Waals surface area contributed by atoms with Crippen LogP contribution in [0.2, 0.25) is 0 Å². The first-order valence-corrected chi connectivity index (χ1v) is 7.35. The Morgan fingerprint density at radius 2 is 1.95 bits per heavy atom. The molecule has 0 radical (unpaired) electrons. The van der Waals surface area contributed by atoms with Gasteiger partial charge in [-0.2, -0.15) is 0 Å². The van der Waals surface area contributed by atoms with E-state index in [4.69, 9.17) is 0 Å². The first-order valence-electron chi connectivity index (χ1n) is 7.35. The summed E-state index contributed by atoms with van der Waals surface area (Å²) in [6.45, 7) is 2.69. The van der Waals surface area contributed by atoms with Gasteiger partial charge in [0.25, 0.3) is 5.91 Å². The maximum atomic E-state index is 12.0. The zero-order valence-corrected chi connectivity index (χ0v) is 12.3. The van der Waals surface area contributed by atoms with Crippen LogP contribution in [0.3, 0.4) is 0 Å². The lowest BCUT2D eigenvalue weighted by Crippen LogP contribution is -2.27. The topological polar surface area (TPSA) is 32.3 Å².